The molecule has 0 N–H and O–H groups in total. The Morgan fingerprint density at radius 1 is 0.957 bits per heavy atom. The Morgan fingerprint density at radius 3 is 2.39 bits per heavy atom. The van der Waals surface area contributed by atoms with Crippen LogP contribution in [0, 0.1) is 6.92 Å². The third kappa shape index (κ3) is 2.86. The molecule has 118 valence electrons. The molecule has 0 aliphatic carbocycles. The first kappa shape index (κ1) is 14.4. The van der Waals surface area contributed by atoms with Crippen LogP contribution in [0.2, 0.25) is 5.02 Å². The first-order valence-corrected chi connectivity index (χ1v) is 8.19. The van der Waals surface area contributed by atoms with Crippen LogP contribution in [0.5, 0.6) is 0 Å². The SMILES string of the molecule is Cc1ccc2oc(N3CCN(c4ccc(Cl)cc4)CC3)nc2c1. The maximum absolute atomic E-state index is 5.96. The molecule has 0 unspecified atom stereocenters. The molecule has 3 aromatic rings. The van der Waals surface area contributed by atoms with Crippen molar-refractivity contribution in [3.05, 3.63) is 53.1 Å². The van der Waals surface area contributed by atoms with Gasteiger partial charge in [0.25, 0.3) is 6.01 Å². The fraction of sp³-hybridized carbons (Fsp3) is 0.278. The highest BCUT2D eigenvalue weighted by atomic mass is 35.5. The molecule has 2 aromatic carbocycles. The van der Waals surface area contributed by atoms with Gasteiger partial charge in [-0.25, -0.2) is 0 Å². The van der Waals surface area contributed by atoms with E-state index in [1.54, 1.807) is 0 Å². The monoisotopic (exact) mass is 327 g/mol. The molecule has 0 radical (unpaired) electrons. The van der Waals surface area contributed by atoms with Crippen LogP contribution in [0.4, 0.5) is 11.7 Å². The van der Waals surface area contributed by atoms with Gasteiger partial charge in [0, 0.05) is 36.9 Å². The van der Waals surface area contributed by atoms with Gasteiger partial charge >= 0.3 is 0 Å². The van der Waals surface area contributed by atoms with Crippen molar-refractivity contribution in [3.8, 4) is 0 Å². The Hall–Kier alpha value is -2.20. The van der Waals surface area contributed by atoms with E-state index in [0.29, 0.717) is 0 Å². The second-order valence-electron chi connectivity index (χ2n) is 5.92. The molecule has 0 atom stereocenters. The highest BCUT2D eigenvalue weighted by molar-refractivity contribution is 6.30. The van der Waals surface area contributed by atoms with Gasteiger partial charge in [0.2, 0.25) is 0 Å². The molecule has 1 aliphatic rings. The second kappa shape index (κ2) is 5.78. The number of aryl methyl sites for hydroxylation is 1. The van der Waals surface area contributed by atoms with Gasteiger partial charge in [-0.05, 0) is 48.9 Å². The van der Waals surface area contributed by atoms with Crippen LogP contribution in [-0.2, 0) is 0 Å². The molecule has 0 amide bonds. The van der Waals surface area contributed by atoms with Crippen molar-refractivity contribution in [2.24, 2.45) is 0 Å². The van der Waals surface area contributed by atoms with Crippen LogP contribution < -0.4 is 9.80 Å². The number of piperazine rings is 1. The molecule has 4 nitrogen and oxygen atoms in total. The minimum atomic E-state index is 0.723. The van der Waals surface area contributed by atoms with E-state index in [9.17, 15) is 0 Å². The summed E-state index contributed by atoms with van der Waals surface area (Å²) in [7, 11) is 0. The Bertz CT molecular complexity index is 820. The molecule has 1 aliphatic heterocycles. The molecule has 1 aromatic heterocycles. The normalized spacial score (nSPS) is 15.4. The maximum Gasteiger partial charge on any atom is 0.298 e. The number of benzene rings is 2. The minimum Gasteiger partial charge on any atom is -0.423 e. The summed E-state index contributed by atoms with van der Waals surface area (Å²) in [4.78, 5) is 9.20. The van der Waals surface area contributed by atoms with Gasteiger partial charge < -0.3 is 14.2 Å². The van der Waals surface area contributed by atoms with Crippen molar-refractivity contribution in [1.82, 2.24) is 4.98 Å². The largest absolute Gasteiger partial charge is 0.423 e. The summed E-state index contributed by atoms with van der Waals surface area (Å²) in [5.74, 6) is 0. The van der Waals surface area contributed by atoms with E-state index in [0.717, 1.165) is 48.3 Å². The van der Waals surface area contributed by atoms with Gasteiger partial charge in [0.15, 0.2) is 5.58 Å². The number of rotatable bonds is 2. The van der Waals surface area contributed by atoms with E-state index < -0.39 is 0 Å². The molecular weight excluding hydrogens is 310 g/mol. The summed E-state index contributed by atoms with van der Waals surface area (Å²) >= 11 is 5.96. The lowest BCUT2D eigenvalue weighted by Crippen LogP contribution is -2.46. The fourth-order valence-corrected chi connectivity index (χ4v) is 3.09. The van der Waals surface area contributed by atoms with E-state index in [1.807, 2.05) is 18.2 Å². The molecule has 2 heterocycles. The topological polar surface area (TPSA) is 32.5 Å². The molecule has 23 heavy (non-hydrogen) atoms. The number of anilines is 2. The number of oxazole rings is 1. The van der Waals surface area contributed by atoms with Gasteiger partial charge in [-0.3, -0.25) is 0 Å². The van der Waals surface area contributed by atoms with E-state index in [2.05, 4.69) is 46.0 Å². The average Bonchev–Trinajstić information content (AvgIpc) is 2.99. The van der Waals surface area contributed by atoms with Gasteiger partial charge in [0.05, 0.1) is 0 Å². The van der Waals surface area contributed by atoms with E-state index in [1.165, 1.54) is 11.3 Å². The number of aromatic nitrogens is 1. The van der Waals surface area contributed by atoms with Crippen LogP contribution >= 0.6 is 11.6 Å². The summed E-state index contributed by atoms with van der Waals surface area (Å²) in [6, 6.07) is 14.8. The van der Waals surface area contributed by atoms with Crippen molar-refractivity contribution in [1.29, 1.82) is 0 Å². The van der Waals surface area contributed by atoms with Crippen molar-refractivity contribution in [3.63, 3.8) is 0 Å². The van der Waals surface area contributed by atoms with Gasteiger partial charge in [-0.15, -0.1) is 0 Å². The van der Waals surface area contributed by atoms with Crippen molar-refractivity contribution >= 4 is 34.4 Å². The standard InChI is InChI=1S/C18H18ClN3O/c1-13-2-7-17-16(12-13)20-18(23-17)22-10-8-21(9-11-22)15-5-3-14(19)4-6-15/h2-7,12H,8-11H2,1H3. The number of hydrogen-bond acceptors (Lipinski definition) is 4. The Morgan fingerprint density at radius 2 is 1.65 bits per heavy atom. The predicted octanol–water partition coefficient (Wildman–Crippen LogP) is 4.12. The van der Waals surface area contributed by atoms with Crippen molar-refractivity contribution in [2.45, 2.75) is 6.92 Å². The highest BCUT2D eigenvalue weighted by Gasteiger charge is 2.21. The smallest absolute Gasteiger partial charge is 0.298 e. The van der Waals surface area contributed by atoms with Crippen LogP contribution in [-0.4, -0.2) is 31.2 Å². The van der Waals surface area contributed by atoms with Crippen LogP contribution in [0.1, 0.15) is 5.56 Å². The lowest BCUT2D eigenvalue weighted by molar-refractivity contribution is 0.542. The van der Waals surface area contributed by atoms with Gasteiger partial charge in [-0.1, -0.05) is 17.7 Å². The van der Waals surface area contributed by atoms with E-state index in [4.69, 9.17) is 16.0 Å². The quantitative estimate of drug-likeness (QED) is 0.709. The predicted molar refractivity (Wildman–Crippen MR) is 94.6 cm³/mol. The molecule has 0 spiro atoms. The molecule has 0 bridgehead atoms. The summed E-state index contributed by atoms with van der Waals surface area (Å²) in [5, 5.41) is 0.772. The zero-order valence-corrected chi connectivity index (χ0v) is 13.8. The summed E-state index contributed by atoms with van der Waals surface area (Å²) in [6.07, 6.45) is 0. The maximum atomic E-state index is 5.96. The number of hydrogen-bond donors (Lipinski definition) is 0. The second-order valence-corrected chi connectivity index (χ2v) is 6.35. The Balaban J connectivity index is 1.48. The third-order valence-corrected chi connectivity index (χ3v) is 4.53. The summed E-state index contributed by atoms with van der Waals surface area (Å²) in [6.45, 7) is 5.75. The fourth-order valence-electron chi connectivity index (χ4n) is 2.97. The minimum absolute atomic E-state index is 0.723. The van der Waals surface area contributed by atoms with Crippen LogP contribution in [0.3, 0.4) is 0 Å². The van der Waals surface area contributed by atoms with Gasteiger partial charge in [0.1, 0.15) is 5.52 Å². The van der Waals surface area contributed by atoms with Crippen LogP contribution in [0.15, 0.2) is 46.9 Å². The molecule has 1 saturated heterocycles. The zero-order chi connectivity index (χ0) is 15.8. The lowest BCUT2D eigenvalue weighted by atomic mass is 10.2. The first-order chi connectivity index (χ1) is 11.2. The van der Waals surface area contributed by atoms with Crippen LogP contribution in [0.25, 0.3) is 11.1 Å². The van der Waals surface area contributed by atoms with E-state index in [-0.39, 0.29) is 0 Å². The molecular formula is C18H18ClN3O. The van der Waals surface area contributed by atoms with Crippen molar-refractivity contribution in [2.75, 3.05) is 36.0 Å². The molecule has 1 fully saturated rings. The molecule has 5 heteroatoms. The molecule has 4 rings (SSSR count). The van der Waals surface area contributed by atoms with E-state index >= 15 is 0 Å². The number of fused-ring (bicyclic) bond motifs is 1. The summed E-state index contributed by atoms with van der Waals surface area (Å²) in [5.41, 5.74) is 4.19. The molecule has 0 saturated carbocycles. The van der Waals surface area contributed by atoms with Gasteiger partial charge in [-0.2, -0.15) is 4.98 Å². The summed E-state index contributed by atoms with van der Waals surface area (Å²) < 4.78 is 5.90. The Labute approximate surface area is 140 Å². The average molecular weight is 328 g/mol. The third-order valence-electron chi connectivity index (χ3n) is 4.27. The Kier molecular flexibility index (Phi) is 3.62. The lowest BCUT2D eigenvalue weighted by Gasteiger charge is -2.35. The number of halogens is 1. The van der Waals surface area contributed by atoms with Crippen molar-refractivity contribution < 1.29 is 4.42 Å². The highest BCUT2D eigenvalue weighted by Crippen LogP contribution is 2.25. The first-order valence-electron chi connectivity index (χ1n) is 7.82. The number of nitrogens with zero attached hydrogens (tertiary/aromatic N) is 3. The zero-order valence-electron chi connectivity index (χ0n) is 13.0.